The van der Waals surface area contributed by atoms with Crippen LogP contribution in [0.4, 0.5) is 15.8 Å². The minimum Gasteiger partial charge on any atom is -0.363 e. The van der Waals surface area contributed by atoms with Gasteiger partial charge in [0.25, 0.3) is 5.69 Å². The Hall–Kier alpha value is -1.40. The third-order valence-corrected chi connectivity index (χ3v) is 4.13. The monoisotopic (exact) mass is 301 g/mol. The van der Waals surface area contributed by atoms with Crippen LogP contribution < -0.4 is 10.6 Å². The van der Waals surface area contributed by atoms with Crippen molar-refractivity contribution in [2.24, 2.45) is 11.7 Å². The molecule has 2 N–H and O–H groups in total. The maximum Gasteiger partial charge on any atom is 0.294 e. The van der Waals surface area contributed by atoms with Crippen LogP contribution in [0.3, 0.4) is 0 Å². The molecule has 1 heterocycles. The van der Waals surface area contributed by atoms with Gasteiger partial charge in [0.15, 0.2) is 0 Å². The van der Waals surface area contributed by atoms with Crippen LogP contribution in [-0.4, -0.2) is 24.1 Å². The highest BCUT2D eigenvalue weighted by Gasteiger charge is 2.30. The van der Waals surface area contributed by atoms with Crippen LogP contribution in [0.2, 0.25) is 5.02 Å². The molecule has 5 nitrogen and oxygen atoms in total. The lowest BCUT2D eigenvalue weighted by molar-refractivity contribution is -0.384. The van der Waals surface area contributed by atoms with Crippen molar-refractivity contribution in [2.45, 2.75) is 25.8 Å². The van der Waals surface area contributed by atoms with Crippen LogP contribution in [0.25, 0.3) is 0 Å². The lowest BCUT2D eigenvalue weighted by atomic mass is 9.93. The number of nitrogens with zero attached hydrogens (tertiary/aromatic N) is 2. The van der Waals surface area contributed by atoms with E-state index < -0.39 is 10.7 Å². The summed E-state index contributed by atoms with van der Waals surface area (Å²) in [6.07, 6.45) is 1.86. The molecule has 1 saturated heterocycles. The van der Waals surface area contributed by atoms with E-state index in [2.05, 4.69) is 0 Å². The molecule has 2 atom stereocenters. The smallest absolute Gasteiger partial charge is 0.294 e. The number of benzene rings is 1. The largest absolute Gasteiger partial charge is 0.363 e. The first-order chi connectivity index (χ1) is 9.43. The summed E-state index contributed by atoms with van der Waals surface area (Å²) in [5.74, 6) is -0.376. The molecule has 0 bridgehead atoms. The molecule has 0 spiro atoms. The van der Waals surface area contributed by atoms with Gasteiger partial charge in [0.05, 0.1) is 9.95 Å². The highest BCUT2D eigenvalue weighted by atomic mass is 35.5. The predicted octanol–water partition coefficient (Wildman–Crippen LogP) is 2.95. The summed E-state index contributed by atoms with van der Waals surface area (Å²) in [5.41, 5.74) is 5.80. The molecule has 1 fully saturated rings. The normalized spacial score (nSPS) is 22.9. The lowest BCUT2D eigenvalue weighted by Gasteiger charge is -2.39. The molecule has 1 aliphatic rings. The molecule has 1 aromatic carbocycles. The van der Waals surface area contributed by atoms with E-state index >= 15 is 0 Å². The first-order valence-electron chi connectivity index (χ1n) is 6.54. The first kappa shape index (κ1) is 15.0. The Labute approximate surface area is 121 Å². The number of nitro benzene ring substituents is 1. The Morgan fingerprint density at radius 2 is 2.25 bits per heavy atom. The minimum absolute atomic E-state index is 0.108. The zero-order valence-corrected chi connectivity index (χ0v) is 11.9. The van der Waals surface area contributed by atoms with Crippen molar-refractivity contribution in [2.75, 3.05) is 18.0 Å². The van der Waals surface area contributed by atoms with Crippen molar-refractivity contribution in [3.05, 3.63) is 33.1 Å². The van der Waals surface area contributed by atoms with Gasteiger partial charge >= 0.3 is 0 Å². The van der Waals surface area contributed by atoms with E-state index in [1.54, 1.807) is 0 Å². The highest BCUT2D eigenvalue weighted by molar-refractivity contribution is 6.31. The Morgan fingerprint density at radius 3 is 2.85 bits per heavy atom. The summed E-state index contributed by atoms with van der Waals surface area (Å²) < 4.78 is 13.7. The van der Waals surface area contributed by atoms with Gasteiger partial charge in [-0.1, -0.05) is 11.6 Å². The Balaban J connectivity index is 2.44. The Kier molecular flexibility index (Phi) is 4.45. The summed E-state index contributed by atoms with van der Waals surface area (Å²) in [6, 6.07) is 2.33. The fraction of sp³-hybridized carbons (Fsp3) is 0.538. The molecule has 0 radical (unpaired) electrons. The van der Waals surface area contributed by atoms with Gasteiger partial charge in [-0.2, -0.15) is 0 Å². The quantitative estimate of drug-likeness (QED) is 0.688. The standard InChI is InChI=1S/C13H17ClFN3O2/c1-8-2-3-9(6-16)7-17(8)12-5-11(15)10(14)4-13(12)18(19)20/h4-5,8-9H,2-3,6-7,16H2,1H3. The predicted molar refractivity (Wildman–Crippen MR) is 76.7 cm³/mol. The van der Waals surface area contributed by atoms with Crippen molar-refractivity contribution in [1.82, 2.24) is 0 Å². The van der Waals surface area contributed by atoms with E-state index in [1.807, 2.05) is 11.8 Å². The second-order valence-corrected chi connectivity index (χ2v) is 5.60. The molecule has 2 unspecified atom stereocenters. The van der Waals surface area contributed by atoms with Crippen LogP contribution in [-0.2, 0) is 0 Å². The SMILES string of the molecule is CC1CCC(CN)CN1c1cc(F)c(Cl)cc1[N+](=O)[O-]. The fourth-order valence-corrected chi connectivity index (χ4v) is 2.77. The van der Waals surface area contributed by atoms with Gasteiger partial charge in [0, 0.05) is 24.7 Å². The van der Waals surface area contributed by atoms with Crippen LogP contribution in [0, 0.1) is 21.8 Å². The number of hydrogen-bond donors (Lipinski definition) is 1. The summed E-state index contributed by atoms with van der Waals surface area (Å²) in [4.78, 5) is 12.5. The van der Waals surface area contributed by atoms with Crippen molar-refractivity contribution in [3.8, 4) is 0 Å². The van der Waals surface area contributed by atoms with Gasteiger partial charge in [-0.3, -0.25) is 10.1 Å². The molecular formula is C13H17ClFN3O2. The molecule has 1 aliphatic heterocycles. The molecule has 0 amide bonds. The average Bonchev–Trinajstić information content (AvgIpc) is 2.42. The summed E-state index contributed by atoms with van der Waals surface area (Å²) in [7, 11) is 0. The zero-order chi connectivity index (χ0) is 14.9. The van der Waals surface area contributed by atoms with Crippen molar-refractivity contribution in [3.63, 3.8) is 0 Å². The van der Waals surface area contributed by atoms with Gasteiger partial charge in [0.1, 0.15) is 11.5 Å². The number of nitro groups is 1. The van der Waals surface area contributed by atoms with Gasteiger partial charge in [-0.25, -0.2) is 4.39 Å². The van der Waals surface area contributed by atoms with Crippen molar-refractivity contribution in [1.29, 1.82) is 0 Å². The zero-order valence-electron chi connectivity index (χ0n) is 11.2. The first-order valence-corrected chi connectivity index (χ1v) is 6.92. The minimum atomic E-state index is -0.644. The number of hydrogen-bond acceptors (Lipinski definition) is 4. The molecule has 20 heavy (non-hydrogen) atoms. The van der Waals surface area contributed by atoms with E-state index in [1.165, 1.54) is 0 Å². The maximum absolute atomic E-state index is 13.7. The molecular weight excluding hydrogens is 285 g/mol. The van der Waals surface area contributed by atoms with Gasteiger partial charge in [-0.05, 0) is 32.2 Å². The summed E-state index contributed by atoms with van der Waals surface area (Å²) >= 11 is 5.64. The topological polar surface area (TPSA) is 72.4 Å². The Bertz CT molecular complexity index is 527. The van der Waals surface area contributed by atoms with Crippen LogP contribution >= 0.6 is 11.6 Å². The second kappa shape index (κ2) is 5.93. The molecule has 7 heteroatoms. The van der Waals surface area contributed by atoms with E-state index in [9.17, 15) is 14.5 Å². The van der Waals surface area contributed by atoms with Crippen molar-refractivity contribution >= 4 is 23.0 Å². The van der Waals surface area contributed by atoms with E-state index in [0.29, 0.717) is 13.1 Å². The number of rotatable bonds is 3. The molecule has 0 aromatic heterocycles. The van der Waals surface area contributed by atoms with Gasteiger partial charge < -0.3 is 10.6 Å². The van der Waals surface area contributed by atoms with Crippen LogP contribution in [0.1, 0.15) is 19.8 Å². The molecule has 0 saturated carbocycles. The fourth-order valence-electron chi connectivity index (χ4n) is 2.61. The Morgan fingerprint density at radius 1 is 1.55 bits per heavy atom. The van der Waals surface area contributed by atoms with Crippen molar-refractivity contribution < 1.29 is 9.31 Å². The third kappa shape index (κ3) is 2.86. The van der Waals surface area contributed by atoms with Gasteiger partial charge in [0.2, 0.25) is 0 Å². The maximum atomic E-state index is 13.7. The molecule has 0 aliphatic carbocycles. The van der Waals surface area contributed by atoms with Crippen LogP contribution in [0.5, 0.6) is 0 Å². The number of piperidine rings is 1. The van der Waals surface area contributed by atoms with E-state index in [4.69, 9.17) is 17.3 Å². The van der Waals surface area contributed by atoms with E-state index in [0.717, 1.165) is 25.0 Å². The lowest BCUT2D eigenvalue weighted by Crippen LogP contribution is -2.44. The average molecular weight is 302 g/mol. The molecule has 110 valence electrons. The number of halogens is 2. The highest BCUT2D eigenvalue weighted by Crippen LogP contribution is 2.37. The third-order valence-electron chi connectivity index (χ3n) is 3.84. The van der Waals surface area contributed by atoms with Crippen LogP contribution in [0.15, 0.2) is 12.1 Å². The summed E-state index contributed by atoms with van der Waals surface area (Å²) in [6.45, 7) is 3.09. The molecule has 1 aromatic rings. The van der Waals surface area contributed by atoms with E-state index in [-0.39, 0.29) is 28.4 Å². The second-order valence-electron chi connectivity index (χ2n) is 5.19. The summed E-state index contributed by atoms with van der Waals surface area (Å²) in [5, 5.41) is 10.9. The molecule has 2 rings (SSSR count). The number of anilines is 1. The van der Waals surface area contributed by atoms with Gasteiger partial charge in [-0.15, -0.1) is 0 Å². The number of nitrogens with two attached hydrogens (primary N) is 1.